The molecule has 118 valence electrons. The summed E-state index contributed by atoms with van der Waals surface area (Å²) in [5.41, 5.74) is 1.22. The molecule has 0 radical (unpaired) electrons. The van der Waals surface area contributed by atoms with Gasteiger partial charge in [0, 0.05) is 19.6 Å². The summed E-state index contributed by atoms with van der Waals surface area (Å²) in [7, 11) is 1.93. The van der Waals surface area contributed by atoms with Gasteiger partial charge >= 0.3 is 0 Å². The van der Waals surface area contributed by atoms with Gasteiger partial charge in [0.05, 0.1) is 9.26 Å². The van der Waals surface area contributed by atoms with E-state index in [1.807, 2.05) is 14.0 Å². The Morgan fingerprint density at radius 1 is 1.29 bits per heavy atom. The third-order valence-electron chi connectivity index (χ3n) is 4.08. The van der Waals surface area contributed by atoms with Crippen LogP contribution in [-0.2, 0) is 4.74 Å². The van der Waals surface area contributed by atoms with Crippen molar-refractivity contribution < 1.29 is 4.74 Å². The zero-order valence-electron chi connectivity index (χ0n) is 13.4. The van der Waals surface area contributed by atoms with E-state index in [1.54, 1.807) is 0 Å². The van der Waals surface area contributed by atoms with Gasteiger partial charge in [-0.1, -0.05) is 26.7 Å². The smallest absolute Gasteiger partial charge is 0.160 e. The molecule has 0 amide bonds. The first kappa shape index (κ1) is 16.9. The monoisotopic (exact) mass is 403 g/mol. The Balaban J connectivity index is 2.43. The molecule has 0 aliphatic heterocycles. The van der Waals surface area contributed by atoms with Crippen molar-refractivity contribution in [3.63, 3.8) is 0 Å². The molecule has 1 aliphatic carbocycles. The summed E-state index contributed by atoms with van der Waals surface area (Å²) in [4.78, 5) is 9.63. The summed E-state index contributed by atoms with van der Waals surface area (Å²) in [6, 6.07) is 0. The second-order valence-electron chi connectivity index (χ2n) is 5.98. The molecular weight excluding hydrogens is 377 g/mol. The van der Waals surface area contributed by atoms with Gasteiger partial charge in [-0.2, -0.15) is 0 Å². The first-order valence-corrected chi connectivity index (χ1v) is 9.03. The maximum atomic E-state index is 5.89. The van der Waals surface area contributed by atoms with Crippen LogP contribution in [0.15, 0.2) is 0 Å². The lowest BCUT2D eigenvalue weighted by molar-refractivity contribution is 0.0231. The lowest BCUT2D eigenvalue weighted by atomic mass is 10.0. The van der Waals surface area contributed by atoms with Crippen molar-refractivity contribution in [2.24, 2.45) is 5.92 Å². The van der Waals surface area contributed by atoms with Gasteiger partial charge in [-0.15, -0.1) is 0 Å². The number of halogens is 1. The van der Waals surface area contributed by atoms with Crippen LogP contribution in [-0.4, -0.2) is 23.6 Å². The second-order valence-corrected chi connectivity index (χ2v) is 7.06. The zero-order valence-corrected chi connectivity index (χ0v) is 15.6. The topological polar surface area (TPSA) is 47.0 Å². The standard InChI is InChI=1S/C16H26IN3O/c1-5-21-14(10(2)3)16-19-13(11-8-6-7-9-11)12(17)15(18-4)20-16/h10-11,14H,5-9H2,1-4H3,(H,18,19,20). The minimum atomic E-state index is -0.0285. The minimum Gasteiger partial charge on any atom is -0.372 e. The van der Waals surface area contributed by atoms with Gasteiger partial charge < -0.3 is 10.1 Å². The molecule has 21 heavy (non-hydrogen) atoms. The third-order valence-corrected chi connectivity index (χ3v) is 5.14. The Bertz CT molecular complexity index is 473. The molecule has 1 N–H and O–H groups in total. The van der Waals surface area contributed by atoms with Crippen molar-refractivity contribution in [2.45, 2.75) is 58.5 Å². The molecule has 0 aromatic carbocycles. The fourth-order valence-corrected chi connectivity index (χ4v) is 3.94. The summed E-state index contributed by atoms with van der Waals surface area (Å²) in [5, 5.41) is 3.22. The number of rotatable bonds is 6. The molecule has 1 unspecified atom stereocenters. The molecule has 0 bridgehead atoms. The molecule has 0 spiro atoms. The van der Waals surface area contributed by atoms with E-state index in [-0.39, 0.29) is 6.10 Å². The van der Waals surface area contributed by atoms with Crippen molar-refractivity contribution in [3.8, 4) is 0 Å². The molecule has 1 saturated carbocycles. The van der Waals surface area contributed by atoms with E-state index in [0.717, 1.165) is 11.6 Å². The van der Waals surface area contributed by atoms with Crippen molar-refractivity contribution >= 4 is 28.4 Å². The average molecular weight is 403 g/mol. The molecule has 1 aromatic heterocycles. The van der Waals surface area contributed by atoms with E-state index in [1.165, 1.54) is 34.9 Å². The van der Waals surface area contributed by atoms with Crippen molar-refractivity contribution in [1.82, 2.24) is 9.97 Å². The normalized spacial score (nSPS) is 17.4. The van der Waals surface area contributed by atoms with Crippen LogP contribution in [0.25, 0.3) is 0 Å². The highest BCUT2D eigenvalue weighted by Gasteiger charge is 2.27. The maximum Gasteiger partial charge on any atom is 0.160 e. The van der Waals surface area contributed by atoms with Gasteiger partial charge in [-0.05, 0) is 48.3 Å². The van der Waals surface area contributed by atoms with Crippen LogP contribution in [0.1, 0.15) is 70.0 Å². The Labute approximate surface area is 141 Å². The van der Waals surface area contributed by atoms with Crippen LogP contribution in [0.3, 0.4) is 0 Å². The van der Waals surface area contributed by atoms with E-state index >= 15 is 0 Å². The first-order chi connectivity index (χ1) is 10.1. The first-order valence-electron chi connectivity index (χ1n) is 7.95. The number of hydrogen-bond acceptors (Lipinski definition) is 4. The van der Waals surface area contributed by atoms with E-state index < -0.39 is 0 Å². The Morgan fingerprint density at radius 3 is 2.48 bits per heavy atom. The molecule has 1 aromatic rings. The lowest BCUT2D eigenvalue weighted by Gasteiger charge is -2.22. The van der Waals surface area contributed by atoms with Crippen LogP contribution in [0.4, 0.5) is 5.82 Å². The van der Waals surface area contributed by atoms with Gasteiger partial charge in [0.25, 0.3) is 0 Å². The number of nitrogens with zero attached hydrogens (tertiary/aromatic N) is 2. The lowest BCUT2D eigenvalue weighted by Crippen LogP contribution is -2.18. The van der Waals surface area contributed by atoms with Crippen molar-refractivity contribution in [3.05, 3.63) is 15.1 Å². The molecule has 5 heteroatoms. The van der Waals surface area contributed by atoms with Gasteiger partial charge in [0.15, 0.2) is 5.82 Å². The molecule has 0 saturated heterocycles. The molecule has 1 atom stereocenters. The Kier molecular flexibility index (Phi) is 6.22. The summed E-state index contributed by atoms with van der Waals surface area (Å²) >= 11 is 2.38. The second kappa shape index (κ2) is 7.72. The highest BCUT2D eigenvalue weighted by Crippen LogP contribution is 2.38. The number of ether oxygens (including phenoxy) is 1. The molecule has 1 heterocycles. The fraction of sp³-hybridized carbons (Fsp3) is 0.750. The SMILES string of the molecule is CCOC(c1nc(NC)c(I)c(C2CCCC2)n1)C(C)C. The van der Waals surface area contributed by atoms with E-state index in [4.69, 9.17) is 14.7 Å². The van der Waals surface area contributed by atoms with Gasteiger partial charge in [0.1, 0.15) is 11.9 Å². The zero-order chi connectivity index (χ0) is 15.4. The summed E-state index contributed by atoms with van der Waals surface area (Å²) in [5.74, 6) is 2.72. The highest BCUT2D eigenvalue weighted by molar-refractivity contribution is 14.1. The number of aromatic nitrogens is 2. The van der Waals surface area contributed by atoms with Crippen LogP contribution >= 0.6 is 22.6 Å². The molecule has 4 nitrogen and oxygen atoms in total. The van der Waals surface area contributed by atoms with E-state index in [9.17, 15) is 0 Å². The quantitative estimate of drug-likeness (QED) is 0.710. The molecule has 2 rings (SSSR count). The van der Waals surface area contributed by atoms with Crippen LogP contribution in [0, 0.1) is 9.49 Å². The van der Waals surface area contributed by atoms with Crippen molar-refractivity contribution in [2.75, 3.05) is 19.0 Å². The fourth-order valence-electron chi connectivity index (χ4n) is 2.99. The van der Waals surface area contributed by atoms with Crippen LogP contribution in [0.2, 0.25) is 0 Å². The average Bonchev–Trinajstić information content (AvgIpc) is 2.99. The Morgan fingerprint density at radius 2 is 1.95 bits per heavy atom. The molecular formula is C16H26IN3O. The van der Waals surface area contributed by atoms with Gasteiger partial charge in [0.2, 0.25) is 0 Å². The van der Waals surface area contributed by atoms with Crippen molar-refractivity contribution in [1.29, 1.82) is 0 Å². The summed E-state index contributed by atoms with van der Waals surface area (Å²) < 4.78 is 7.06. The molecule has 1 fully saturated rings. The van der Waals surface area contributed by atoms with Gasteiger partial charge in [-0.25, -0.2) is 9.97 Å². The third kappa shape index (κ3) is 3.86. The summed E-state index contributed by atoms with van der Waals surface area (Å²) in [6.45, 7) is 7.04. The van der Waals surface area contributed by atoms with Gasteiger partial charge in [-0.3, -0.25) is 0 Å². The number of anilines is 1. The maximum absolute atomic E-state index is 5.89. The largest absolute Gasteiger partial charge is 0.372 e. The minimum absolute atomic E-state index is 0.0285. The van der Waals surface area contributed by atoms with Crippen LogP contribution < -0.4 is 5.32 Å². The van der Waals surface area contributed by atoms with Crippen LogP contribution in [0.5, 0.6) is 0 Å². The predicted octanol–water partition coefficient (Wildman–Crippen LogP) is 4.51. The Hall–Kier alpha value is -0.430. The van der Waals surface area contributed by atoms with E-state index in [0.29, 0.717) is 18.4 Å². The highest BCUT2D eigenvalue weighted by atomic mass is 127. The predicted molar refractivity (Wildman–Crippen MR) is 94.7 cm³/mol. The number of nitrogens with one attached hydrogen (secondary N) is 1. The van der Waals surface area contributed by atoms with E-state index in [2.05, 4.69) is 41.8 Å². The molecule has 1 aliphatic rings. The number of hydrogen-bond donors (Lipinski definition) is 1. The summed E-state index contributed by atoms with van der Waals surface area (Å²) in [6.07, 6.45) is 5.09.